The first-order chi connectivity index (χ1) is 15.8. The van der Waals surface area contributed by atoms with Gasteiger partial charge >= 0.3 is 18.0 Å². The van der Waals surface area contributed by atoms with Crippen molar-refractivity contribution in [3.05, 3.63) is 59.7 Å². The van der Waals surface area contributed by atoms with E-state index in [-0.39, 0.29) is 18.9 Å². The van der Waals surface area contributed by atoms with Crippen molar-refractivity contribution in [2.45, 2.75) is 71.1 Å². The summed E-state index contributed by atoms with van der Waals surface area (Å²) in [6, 6.07) is 14.8. The lowest BCUT2D eigenvalue weighted by Crippen LogP contribution is -2.46. The van der Waals surface area contributed by atoms with Crippen LogP contribution >= 0.6 is 0 Å². The van der Waals surface area contributed by atoms with Gasteiger partial charge in [0.2, 0.25) is 0 Å². The van der Waals surface area contributed by atoms with E-state index in [1.165, 1.54) is 0 Å². The third-order valence-corrected chi connectivity index (χ3v) is 5.12. The van der Waals surface area contributed by atoms with Gasteiger partial charge in [-0.1, -0.05) is 48.5 Å². The average molecular weight is 468 g/mol. The predicted octanol–water partition coefficient (Wildman–Crippen LogP) is 4.97. The lowest BCUT2D eigenvalue weighted by atomic mass is 9.98. The first kappa shape index (κ1) is 25.3. The highest BCUT2D eigenvalue weighted by molar-refractivity contribution is 5.86. The summed E-state index contributed by atoms with van der Waals surface area (Å²) in [5.41, 5.74) is 2.88. The molecule has 3 rings (SSSR count). The number of carbonyl (C=O) groups excluding carboxylic acids is 3. The summed E-state index contributed by atoms with van der Waals surface area (Å²) < 4.78 is 16.2. The van der Waals surface area contributed by atoms with E-state index in [9.17, 15) is 14.4 Å². The zero-order valence-corrected chi connectivity index (χ0v) is 20.6. The second-order valence-electron chi connectivity index (χ2n) is 10.3. The van der Waals surface area contributed by atoms with Crippen LogP contribution in [0.5, 0.6) is 0 Å². The van der Waals surface area contributed by atoms with Gasteiger partial charge in [-0.2, -0.15) is 0 Å². The molecule has 7 heteroatoms. The van der Waals surface area contributed by atoms with Crippen LogP contribution in [-0.2, 0) is 23.8 Å². The molecule has 1 N–H and O–H groups in total. The maximum Gasteiger partial charge on any atom is 0.407 e. The first-order valence-corrected chi connectivity index (χ1v) is 11.4. The van der Waals surface area contributed by atoms with Crippen LogP contribution < -0.4 is 5.32 Å². The summed E-state index contributed by atoms with van der Waals surface area (Å²) in [6.07, 6.45) is -1.17. The fourth-order valence-corrected chi connectivity index (χ4v) is 3.90. The molecule has 7 nitrogen and oxygen atoms in total. The van der Waals surface area contributed by atoms with Crippen molar-refractivity contribution in [1.82, 2.24) is 5.32 Å². The molecule has 1 aliphatic carbocycles. The van der Waals surface area contributed by atoms with Crippen LogP contribution in [0.2, 0.25) is 0 Å². The molecule has 0 aromatic heterocycles. The molecule has 0 radical (unpaired) electrons. The molecular weight excluding hydrogens is 434 g/mol. The standard InChI is InChI=1S/C27H33NO6/c1-26(2,3)33-23(29)15-22(24(30)34-27(4,5)6)28-25(31)32-16-21-19-13-9-7-11-17(19)18-12-8-10-14-20(18)21/h7-14,21-22H,15-16H2,1-6H3,(H,28,31). The Morgan fingerprint density at radius 3 is 1.82 bits per heavy atom. The van der Waals surface area contributed by atoms with Gasteiger partial charge in [-0.05, 0) is 63.8 Å². The average Bonchev–Trinajstić information content (AvgIpc) is 3.03. The molecule has 2 aromatic carbocycles. The van der Waals surface area contributed by atoms with Gasteiger partial charge < -0.3 is 19.5 Å². The molecule has 0 heterocycles. The van der Waals surface area contributed by atoms with Crippen LogP contribution in [0.25, 0.3) is 11.1 Å². The van der Waals surface area contributed by atoms with E-state index in [2.05, 4.69) is 5.32 Å². The summed E-state index contributed by atoms with van der Waals surface area (Å²) >= 11 is 0. The van der Waals surface area contributed by atoms with Gasteiger partial charge in [0.05, 0.1) is 6.42 Å². The minimum atomic E-state index is -1.23. The van der Waals surface area contributed by atoms with E-state index in [1.54, 1.807) is 41.5 Å². The highest BCUT2D eigenvalue weighted by atomic mass is 16.6. The molecular formula is C27H33NO6. The summed E-state index contributed by atoms with van der Waals surface area (Å²) in [7, 11) is 0. The summed E-state index contributed by atoms with van der Waals surface area (Å²) in [4.78, 5) is 37.7. The number of rotatable bonds is 6. The summed E-state index contributed by atoms with van der Waals surface area (Å²) in [5, 5.41) is 2.49. The van der Waals surface area contributed by atoms with Crippen molar-refractivity contribution in [1.29, 1.82) is 0 Å². The van der Waals surface area contributed by atoms with E-state index in [0.717, 1.165) is 22.3 Å². The number of hydrogen-bond acceptors (Lipinski definition) is 6. The number of nitrogens with one attached hydrogen (secondary N) is 1. The maximum absolute atomic E-state index is 12.7. The lowest BCUT2D eigenvalue weighted by Gasteiger charge is -2.25. The fraction of sp³-hybridized carbons (Fsp3) is 0.444. The monoisotopic (exact) mass is 467 g/mol. The molecule has 1 atom stereocenters. The second kappa shape index (κ2) is 9.87. The SMILES string of the molecule is CC(C)(C)OC(=O)CC(NC(=O)OCC1c2ccccc2-c2ccccc21)C(=O)OC(C)(C)C. The van der Waals surface area contributed by atoms with E-state index in [0.29, 0.717) is 0 Å². The van der Waals surface area contributed by atoms with Crippen LogP contribution in [0, 0.1) is 0 Å². The van der Waals surface area contributed by atoms with Gasteiger partial charge in [-0.3, -0.25) is 4.79 Å². The van der Waals surface area contributed by atoms with Gasteiger partial charge in [0.15, 0.2) is 0 Å². The number of esters is 2. The van der Waals surface area contributed by atoms with E-state index >= 15 is 0 Å². The van der Waals surface area contributed by atoms with Crippen LogP contribution in [0.3, 0.4) is 0 Å². The molecule has 0 aliphatic heterocycles. The summed E-state index contributed by atoms with van der Waals surface area (Å²) in [5.74, 6) is -1.47. The Bertz CT molecular complexity index is 1020. The molecule has 0 saturated heterocycles. The van der Waals surface area contributed by atoms with Crippen LogP contribution in [-0.4, -0.2) is 41.9 Å². The molecule has 1 aliphatic rings. The van der Waals surface area contributed by atoms with Crippen LogP contribution in [0.4, 0.5) is 4.79 Å². The Kier molecular flexibility index (Phi) is 7.34. The highest BCUT2D eigenvalue weighted by Gasteiger charge is 2.33. The van der Waals surface area contributed by atoms with Crippen molar-refractivity contribution in [2.75, 3.05) is 6.61 Å². The number of ether oxygens (including phenoxy) is 3. The third kappa shape index (κ3) is 6.59. The number of alkyl carbamates (subject to hydrolysis) is 1. The number of fused-ring (bicyclic) bond motifs is 3. The molecule has 2 aromatic rings. The molecule has 34 heavy (non-hydrogen) atoms. The third-order valence-electron chi connectivity index (χ3n) is 5.12. The minimum Gasteiger partial charge on any atom is -0.460 e. The van der Waals surface area contributed by atoms with Crippen molar-refractivity contribution in [3.8, 4) is 11.1 Å². The molecule has 1 amide bonds. The molecule has 182 valence electrons. The van der Waals surface area contributed by atoms with E-state index < -0.39 is 35.3 Å². The largest absolute Gasteiger partial charge is 0.460 e. The lowest BCUT2D eigenvalue weighted by molar-refractivity contribution is -0.164. The molecule has 0 fully saturated rings. The van der Waals surface area contributed by atoms with Crippen molar-refractivity contribution in [2.24, 2.45) is 0 Å². The van der Waals surface area contributed by atoms with Gasteiger partial charge in [0.1, 0.15) is 23.9 Å². The van der Waals surface area contributed by atoms with Crippen molar-refractivity contribution >= 4 is 18.0 Å². The van der Waals surface area contributed by atoms with E-state index in [1.807, 2.05) is 48.5 Å². The fourth-order valence-electron chi connectivity index (χ4n) is 3.90. The molecule has 1 unspecified atom stereocenters. The summed E-state index contributed by atoms with van der Waals surface area (Å²) in [6.45, 7) is 10.4. The topological polar surface area (TPSA) is 90.9 Å². The Morgan fingerprint density at radius 2 is 1.32 bits per heavy atom. The Balaban J connectivity index is 1.69. The second-order valence-corrected chi connectivity index (χ2v) is 10.3. The molecule has 0 spiro atoms. The Labute approximate surface area is 200 Å². The number of amides is 1. The molecule has 0 bridgehead atoms. The zero-order chi connectivity index (χ0) is 25.1. The van der Waals surface area contributed by atoms with Gasteiger partial charge in [0, 0.05) is 5.92 Å². The zero-order valence-electron chi connectivity index (χ0n) is 20.6. The number of benzene rings is 2. The van der Waals surface area contributed by atoms with Crippen LogP contribution in [0.15, 0.2) is 48.5 Å². The minimum absolute atomic E-state index is 0.0906. The van der Waals surface area contributed by atoms with E-state index in [4.69, 9.17) is 14.2 Å². The van der Waals surface area contributed by atoms with Crippen LogP contribution in [0.1, 0.15) is 65.0 Å². The van der Waals surface area contributed by atoms with Crippen molar-refractivity contribution in [3.63, 3.8) is 0 Å². The van der Waals surface area contributed by atoms with Gasteiger partial charge in [-0.15, -0.1) is 0 Å². The quantitative estimate of drug-likeness (QED) is 0.477. The van der Waals surface area contributed by atoms with Gasteiger partial charge in [0.25, 0.3) is 0 Å². The Hall–Kier alpha value is -3.35. The molecule has 0 saturated carbocycles. The predicted molar refractivity (Wildman–Crippen MR) is 128 cm³/mol. The van der Waals surface area contributed by atoms with Gasteiger partial charge in [-0.25, -0.2) is 9.59 Å². The number of carbonyl (C=O) groups is 3. The maximum atomic E-state index is 12.7. The van der Waals surface area contributed by atoms with Crippen molar-refractivity contribution < 1.29 is 28.6 Å². The Morgan fingerprint density at radius 1 is 0.824 bits per heavy atom. The first-order valence-electron chi connectivity index (χ1n) is 11.4. The smallest absolute Gasteiger partial charge is 0.407 e. The normalized spacial score (nSPS) is 13.9. The number of hydrogen-bond donors (Lipinski definition) is 1. The highest BCUT2D eigenvalue weighted by Crippen LogP contribution is 2.44.